The van der Waals surface area contributed by atoms with Crippen LogP contribution in [0, 0.1) is 5.92 Å². The zero-order chi connectivity index (χ0) is 14.5. The third-order valence-electron chi connectivity index (χ3n) is 3.79. The molecule has 0 spiro atoms. The Bertz CT molecular complexity index is 407. The Labute approximate surface area is 128 Å². The average Bonchev–Trinajstić information content (AvgIpc) is 2.78. The summed E-state index contributed by atoms with van der Waals surface area (Å²) in [7, 11) is 4.32. The molecule has 2 rings (SSSR count). The van der Waals surface area contributed by atoms with E-state index in [1.165, 1.54) is 22.6 Å². The maximum atomic E-state index is 3.81. The van der Waals surface area contributed by atoms with Crippen LogP contribution in [0.2, 0.25) is 0 Å². The molecule has 2 unspecified atom stereocenters. The lowest BCUT2D eigenvalue weighted by Gasteiger charge is -2.25. The minimum absolute atomic E-state index is 0.600. The van der Waals surface area contributed by atoms with E-state index in [1.807, 2.05) is 11.8 Å². The molecule has 1 aromatic carbocycles. The molecule has 0 saturated heterocycles. The van der Waals surface area contributed by atoms with E-state index in [0.29, 0.717) is 12.0 Å². The number of thioether (sulfide) groups is 1. The van der Waals surface area contributed by atoms with Crippen molar-refractivity contribution in [2.24, 2.45) is 5.92 Å². The summed E-state index contributed by atoms with van der Waals surface area (Å²) in [6, 6.07) is 9.47. The quantitative estimate of drug-likeness (QED) is 0.829. The van der Waals surface area contributed by atoms with Crippen LogP contribution < -0.4 is 5.32 Å². The summed E-state index contributed by atoms with van der Waals surface area (Å²) in [4.78, 5) is 3.77. The van der Waals surface area contributed by atoms with Crippen LogP contribution in [0.25, 0.3) is 0 Å². The van der Waals surface area contributed by atoms with Crippen LogP contribution in [0.3, 0.4) is 0 Å². The number of hydrogen-bond acceptors (Lipinski definition) is 3. The van der Waals surface area contributed by atoms with Crippen molar-refractivity contribution >= 4 is 11.8 Å². The summed E-state index contributed by atoms with van der Waals surface area (Å²) in [6.45, 7) is 6.85. The van der Waals surface area contributed by atoms with E-state index in [0.717, 1.165) is 19.0 Å². The number of benzene rings is 1. The highest BCUT2D eigenvalue weighted by Gasteiger charge is 2.23. The molecule has 112 valence electrons. The summed E-state index contributed by atoms with van der Waals surface area (Å²) in [6.07, 6.45) is 1.25. The molecule has 1 aliphatic rings. The molecule has 0 bridgehead atoms. The van der Waals surface area contributed by atoms with Gasteiger partial charge >= 0.3 is 0 Å². The maximum Gasteiger partial charge on any atom is 0.0197 e. The first-order valence-corrected chi connectivity index (χ1v) is 8.64. The van der Waals surface area contributed by atoms with Gasteiger partial charge in [-0.2, -0.15) is 0 Å². The minimum Gasteiger partial charge on any atom is -0.312 e. The van der Waals surface area contributed by atoms with Crippen LogP contribution in [-0.2, 0) is 0 Å². The summed E-state index contributed by atoms with van der Waals surface area (Å²) < 4.78 is 0. The monoisotopic (exact) mass is 292 g/mol. The molecule has 1 aliphatic heterocycles. The molecule has 0 fully saturated rings. The Hall–Kier alpha value is -0.510. The van der Waals surface area contributed by atoms with Gasteiger partial charge < -0.3 is 10.2 Å². The molecule has 20 heavy (non-hydrogen) atoms. The van der Waals surface area contributed by atoms with E-state index < -0.39 is 0 Å². The predicted octanol–water partition coefficient (Wildman–Crippen LogP) is 3.44. The lowest BCUT2D eigenvalue weighted by Crippen LogP contribution is -2.41. The molecule has 2 nitrogen and oxygen atoms in total. The van der Waals surface area contributed by atoms with Crippen molar-refractivity contribution in [3.63, 3.8) is 0 Å². The third-order valence-corrected chi connectivity index (χ3v) is 5.05. The zero-order valence-electron chi connectivity index (χ0n) is 13.2. The highest BCUT2D eigenvalue weighted by atomic mass is 32.2. The number of nitrogens with one attached hydrogen (secondary N) is 1. The van der Waals surface area contributed by atoms with Gasteiger partial charge in [0, 0.05) is 35.7 Å². The second kappa shape index (κ2) is 7.48. The molecular weight excluding hydrogens is 264 g/mol. The first-order chi connectivity index (χ1) is 9.56. The van der Waals surface area contributed by atoms with Crippen molar-refractivity contribution in [1.29, 1.82) is 0 Å². The normalized spacial score (nSPS) is 19.6. The minimum atomic E-state index is 0.600. The number of nitrogens with zero attached hydrogens (tertiary/aromatic N) is 1. The summed E-state index contributed by atoms with van der Waals surface area (Å²) in [5.41, 5.74) is 1.54. The highest BCUT2D eigenvalue weighted by Crippen LogP contribution is 2.38. The Morgan fingerprint density at radius 1 is 1.30 bits per heavy atom. The van der Waals surface area contributed by atoms with Gasteiger partial charge in [-0.15, -0.1) is 11.8 Å². The van der Waals surface area contributed by atoms with Crippen molar-refractivity contribution in [2.75, 3.05) is 32.9 Å². The zero-order valence-corrected chi connectivity index (χ0v) is 14.0. The van der Waals surface area contributed by atoms with E-state index in [2.05, 4.69) is 62.4 Å². The molecule has 2 atom stereocenters. The molecule has 0 aromatic heterocycles. The summed E-state index contributed by atoms with van der Waals surface area (Å²) in [5.74, 6) is 2.65. The molecule has 3 heteroatoms. The van der Waals surface area contributed by atoms with Gasteiger partial charge in [-0.1, -0.05) is 32.0 Å². The van der Waals surface area contributed by atoms with Crippen molar-refractivity contribution in [2.45, 2.75) is 37.1 Å². The second-order valence-electron chi connectivity index (χ2n) is 6.54. The smallest absolute Gasteiger partial charge is 0.0197 e. The van der Waals surface area contributed by atoms with Crippen LogP contribution in [0.4, 0.5) is 0 Å². The van der Waals surface area contributed by atoms with Crippen LogP contribution in [0.1, 0.15) is 31.7 Å². The fraction of sp³-hybridized carbons (Fsp3) is 0.647. The van der Waals surface area contributed by atoms with E-state index in [1.54, 1.807) is 0 Å². The van der Waals surface area contributed by atoms with Gasteiger partial charge in [-0.05, 0) is 38.1 Å². The van der Waals surface area contributed by atoms with Crippen LogP contribution in [-0.4, -0.2) is 43.9 Å². The van der Waals surface area contributed by atoms with Crippen LogP contribution in [0.5, 0.6) is 0 Å². The van der Waals surface area contributed by atoms with Gasteiger partial charge in [0.2, 0.25) is 0 Å². The molecule has 0 saturated carbocycles. The van der Waals surface area contributed by atoms with Crippen LogP contribution >= 0.6 is 11.8 Å². The van der Waals surface area contributed by atoms with Crippen LogP contribution in [0.15, 0.2) is 29.2 Å². The average molecular weight is 292 g/mol. The van der Waals surface area contributed by atoms with Gasteiger partial charge in [-0.25, -0.2) is 0 Å². The lowest BCUT2D eigenvalue weighted by molar-refractivity contribution is 0.303. The Kier molecular flexibility index (Phi) is 5.94. The predicted molar refractivity (Wildman–Crippen MR) is 89.7 cm³/mol. The van der Waals surface area contributed by atoms with E-state index >= 15 is 0 Å². The fourth-order valence-electron chi connectivity index (χ4n) is 2.94. The van der Waals surface area contributed by atoms with Crippen molar-refractivity contribution < 1.29 is 0 Å². The SMILES string of the molecule is CC(C)CC(CN(C)C)NCC1CSc2ccccc21. The Morgan fingerprint density at radius 3 is 2.75 bits per heavy atom. The molecule has 0 amide bonds. The topological polar surface area (TPSA) is 15.3 Å². The third kappa shape index (κ3) is 4.51. The molecule has 0 radical (unpaired) electrons. The lowest BCUT2D eigenvalue weighted by atomic mass is 9.99. The van der Waals surface area contributed by atoms with Gasteiger partial charge in [0.05, 0.1) is 0 Å². The van der Waals surface area contributed by atoms with Crippen molar-refractivity contribution in [3.05, 3.63) is 29.8 Å². The first kappa shape index (κ1) is 15.9. The number of fused-ring (bicyclic) bond motifs is 1. The van der Waals surface area contributed by atoms with E-state index in [4.69, 9.17) is 0 Å². The number of likely N-dealkylation sites (N-methyl/N-ethyl adjacent to an activating group) is 1. The van der Waals surface area contributed by atoms with Crippen molar-refractivity contribution in [3.8, 4) is 0 Å². The first-order valence-electron chi connectivity index (χ1n) is 7.66. The van der Waals surface area contributed by atoms with Crippen molar-refractivity contribution in [1.82, 2.24) is 10.2 Å². The second-order valence-corrected chi connectivity index (χ2v) is 7.60. The number of hydrogen-bond donors (Lipinski definition) is 1. The summed E-state index contributed by atoms with van der Waals surface area (Å²) >= 11 is 2.01. The molecular formula is C17H28N2S. The number of rotatable bonds is 7. The van der Waals surface area contributed by atoms with E-state index in [-0.39, 0.29) is 0 Å². The maximum absolute atomic E-state index is 3.81. The molecule has 1 heterocycles. The highest BCUT2D eigenvalue weighted by molar-refractivity contribution is 7.99. The largest absolute Gasteiger partial charge is 0.312 e. The van der Waals surface area contributed by atoms with Gasteiger partial charge in [-0.3, -0.25) is 0 Å². The Morgan fingerprint density at radius 2 is 2.05 bits per heavy atom. The molecule has 0 aliphatic carbocycles. The van der Waals surface area contributed by atoms with E-state index in [9.17, 15) is 0 Å². The molecule has 1 aromatic rings. The summed E-state index contributed by atoms with van der Waals surface area (Å²) in [5, 5.41) is 3.81. The van der Waals surface area contributed by atoms with Gasteiger partial charge in [0.25, 0.3) is 0 Å². The standard InChI is InChI=1S/C17H28N2S/c1-13(2)9-15(11-19(3)4)18-10-14-12-20-17-8-6-5-7-16(14)17/h5-8,13-15,18H,9-12H2,1-4H3. The van der Waals surface area contributed by atoms with Gasteiger partial charge in [0.1, 0.15) is 0 Å². The van der Waals surface area contributed by atoms with Gasteiger partial charge in [0.15, 0.2) is 0 Å². The Balaban J connectivity index is 1.89. The fourth-order valence-corrected chi connectivity index (χ4v) is 4.19. The molecule has 1 N–H and O–H groups in total.